The van der Waals surface area contributed by atoms with Crippen molar-refractivity contribution in [3.8, 4) is 16.8 Å². The van der Waals surface area contributed by atoms with Gasteiger partial charge >= 0.3 is 0 Å². The predicted octanol–water partition coefficient (Wildman–Crippen LogP) is 9.61. The monoisotopic (exact) mass is 625 g/mol. The van der Waals surface area contributed by atoms with Crippen molar-refractivity contribution in [1.29, 1.82) is 0 Å². The number of nitrogens with zero attached hydrogens (tertiary/aromatic N) is 3. The highest BCUT2D eigenvalue weighted by Crippen LogP contribution is 2.63. The minimum Gasteiger partial charge on any atom is -0.351 e. The first-order valence-electron chi connectivity index (χ1n) is 17.1. The summed E-state index contributed by atoms with van der Waals surface area (Å²) in [5.74, 6) is 1.04. The topological polar surface area (TPSA) is 20.5 Å². The molecule has 6 aromatic rings. The number of hydrogen-bond acceptors (Lipinski definition) is 2. The molecule has 1 aromatic heterocycles. The number of hydrogen-bond donors (Lipinski definition) is 0. The van der Waals surface area contributed by atoms with Crippen LogP contribution in [0.4, 0.5) is 0 Å². The molecule has 0 fully saturated rings. The first-order valence-corrected chi connectivity index (χ1v) is 17.1. The number of allylic oxidation sites excluding steroid dienone is 5. The van der Waals surface area contributed by atoms with E-state index >= 15 is 0 Å². The molecule has 230 valence electrons. The maximum absolute atomic E-state index is 5.08. The van der Waals surface area contributed by atoms with Gasteiger partial charge in [-0.3, -0.25) is 4.99 Å². The van der Waals surface area contributed by atoms with E-state index in [1.54, 1.807) is 0 Å². The second-order valence-electron chi connectivity index (χ2n) is 13.6. The maximum atomic E-state index is 5.08. The molecular formula is C46H31N3. The molecule has 2 atom stereocenters. The van der Waals surface area contributed by atoms with Crippen LogP contribution in [0, 0.1) is 0 Å². The third-order valence-electron chi connectivity index (χ3n) is 11.3. The van der Waals surface area contributed by atoms with Gasteiger partial charge in [-0.05, 0) is 63.2 Å². The van der Waals surface area contributed by atoms with E-state index in [2.05, 4.69) is 180 Å². The molecule has 3 nitrogen and oxygen atoms in total. The van der Waals surface area contributed by atoms with Crippen LogP contribution in [0.15, 0.2) is 162 Å². The van der Waals surface area contributed by atoms with E-state index in [-0.39, 0.29) is 12.1 Å². The summed E-state index contributed by atoms with van der Waals surface area (Å²) >= 11 is 0. The number of fused-ring (bicyclic) bond motifs is 13. The summed E-state index contributed by atoms with van der Waals surface area (Å²) in [6.45, 7) is 0. The summed E-state index contributed by atoms with van der Waals surface area (Å²) in [5.41, 5.74) is 19.5. The van der Waals surface area contributed by atoms with Gasteiger partial charge in [-0.1, -0.05) is 133 Å². The highest BCUT2D eigenvalue weighted by Gasteiger charge is 2.52. The third kappa shape index (κ3) is 3.40. The van der Waals surface area contributed by atoms with Crippen LogP contribution in [0.5, 0.6) is 0 Å². The number of benzene rings is 5. The number of aliphatic imine (C=N–C) groups is 1. The van der Waals surface area contributed by atoms with Crippen LogP contribution in [-0.4, -0.2) is 34.4 Å². The lowest BCUT2D eigenvalue weighted by Crippen LogP contribution is -2.35. The lowest BCUT2D eigenvalue weighted by molar-refractivity contribution is 0.437. The van der Waals surface area contributed by atoms with Crippen molar-refractivity contribution >= 4 is 34.0 Å². The Kier molecular flexibility index (Phi) is 5.32. The molecule has 11 rings (SSSR count). The minimum absolute atomic E-state index is 0.170. The summed E-state index contributed by atoms with van der Waals surface area (Å²) in [4.78, 5) is 7.38. The van der Waals surface area contributed by atoms with Crippen LogP contribution in [0.3, 0.4) is 0 Å². The molecule has 0 saturated heterocycles. The van der Waals surface area contributed by atoms with Gasteiger partial charge in [-0.2, -0.15) is 0 Å². The molecule has 3 heteroatoms. The molecule has 0 amide bonds. The first-order chi connectivity index (χ1) is 24.2. The van der Waals surface area contributed by atoms with Crippen LogP contribution in [-0.2, 0) is 5.41 Å². The normalized spacial score (nSPS) is 19.9. The summed E-state index contributed by atoms with van der Waals surface area (Å²) in [6, 6.07) is 45.3. The second-order valence-corrected chi connectivity index (χ2v) is 13.6. The third-order valence-corrected chi connectivity index (χ3v) is 11.3. The Bertz CT molecular complexity index is 2570. The van der Waals surface area contributed by atoms with Gasteiger partial charge in [-0.15, -0.1) is 5.73 Å². The minimum atomic E-state index is -0.493. The van der Waals surface area contributed by atoms with Gasteiger partial charge in [0.05, 0.1) is 34.4 Å². The molecule has 0 bridgehead atoms. The molecule has 0 saturated carbocycles. The van der Waals surface area contributed by atoms with Gasteiger partial charge in [0.2, 0.25) is 0 Å². The lowest BCUT2D eigenvalue weighted by Gasteiger charge is -2.41. The Balaban J connectivity index is 1.18. The molecule has 0 radical (unpaired) electrons. The standard InChI is InChI=1S/C46H31N3/c1-48-43-21-11-8-18-40(43)47-45(48)30-24-22-29(23-25-30)31-26-27-35-34-14-4-9-19-41(34)49-42-20-10-7-17-38(42)46(39(28-31)44(35)49)36-15-5-2-12-32(36)33-13-3-6-16-37(33)46/h2-25,27-28,40,43H,1H3. The molecule has 2 aliphatic heterocycles. The Morgan fingerprint density at radius 2 is 1.33 bits per heavy atom. The molecule has 0 N–H and O–H groups in total. The highest BCUT2D eigenvalue weighted by atomic mass is 15.3. The molecule has 5 aromatic carbocycles. The zero-order chi connectivity index (χ0) is 32.3. The molecule has 1 spiro atoms. The van der Waals surface area contributed by atoms with Gasteiger partial charge < -0.3 is 9.47 Å². The van der Waals surface area contributed by atoms with Crippen molar-refractivity contribution in [2.24, 2.45) is 4.99 Å². The van der Waals surface area contributed by atoms with Gasteiger partial charge in [0.25, 0.3) is 0 Å². The summed E-state index contributed by atoms with van der Waals surface area (Å²) < 4.78 is 2.50. The average Bonchev–Trinajstić information content (AvgIpc) is 3.72. The van der Waals surface area contributed by atoms with Crippen LogP contribution in [0.1, 0.15) is 39.1 Å². The molecule has 3 aliphatic carbocycles. The van der Waals surface area contributed by atoms with Crippen molar-refractivity contribution in [2.45, 2.75) is 17.5 Å². The van der Waals surface area contributed by atoms with Crippen molar-refractivity contribution in [1.82, 2.24) is 9.47 Å². The van der Waals surface area contributed by atoms with Crippen molar-refractivity contribution in [3.05, 3.63) is 197 Å². The maximum Gasteiger partial charge on any atom is 0.131 e. The Hall–Kier alpha value is -6.15. The van der Waals surface area contributed by atoms with Gasteiger partial charge in [0.1, 0.15) is 5.84 Å². The van der Waals surface area contributed by atoms with Gasteiger partial charge in [-0.25, -0.2) is 0 Å². The van der Waals surface area contributed by atoms with Crippen LogP contribution in [0.2, 0.25) is 0 Å². The van der Waals surface area contributed by atoms with E-state index in [4.69, 9.17) is 4.99 Å². The lowest BCUT2D eigenvalue weighted by atomic mass is 9.63. The molecular weight excluding hydrogens is 595 g/mol. The number of likely N-dealkylation sites (N-methyl/N-ethyl adjacent to an activating group) is 1. The Labute approximate surface area is 285 Å². The first kappa shape index (κ1) is 26.9. The predicted molar refractivity (Wildman–Crippen MR) is 201 cm³/mol. The largest absolute Gasteiger partial charge is 0.351 e. The van der Waals surface area contributed by atoms with Crippen molar-refractivity contribution < 1.29 is 0 Å². The number of amidine groups is 1. The van der Waals surface area contributed by atoms with E-state index in [1.807, 2.05) is 0 Å². The summed E-state index contributed by atoms with van der Waals surface area (Å²) in [7, 11) is 2.15. The van der Waals surface area contributed by atoms with Crippen molar-refractivity contribution in [2.75, 3.05) is 7.05 Å². The van der Waals surface area contributed by atoms with Gasteiger partial charge in [0, 0.05) is 29.1 Å². The Morgan fingerprint density at radius 3 is 2.10 bits per heavy atom. The SMILES string of the molecule is CN1C(c2ccc(C3=C=Cc4c5n(c6ccccc46)-c4ccccc4C4(C5=C3)c3ccccc3-c3ccccc34)cc2)=NC2C=CC=CC21. The average molecular weight is 626 g/mol. The highest BCUT2D eigenvalue weighted by molar-refractivity contribution is 6.09. The zero-order valence-corrected chi connectivity index (χ0v) is 27.0. The van der Waals surface area contributed by atoms with E-state index in [9.17, 15) is 0 Å². The molecule has 5 aliphatic rings. The van der Waals surface area contributed by atoms with E-state index in [0.717, 1.165) is 22.5 Å². The quantitative estimate of drug-likeness (QED) is 0.176. The smallest absolute Gasteiger partial charge is 0.131 e. The fraction of sp³-hybridized carbons (Fsp3) is 0.0870. The second kappa shape index (κ2) is 9.70. The van der Waals surface area contributed by atoms with Gasteiger partial charge in [0.15, 0.2) is 0 Å². The number of para-hydroxylation sites is 2. The van der Waals surface area contributed by atoms with Crippen LogP contribution < -0.4 is 0 Å². The molecule has 3 heterocycles. The van der Waals surface area contributed by atoms with Crippen molar-refractivity contribution in [3.63, 3.8) is 0 Å². The zero-order valence-electron chi connectivity index (χ0n) is 27.0. The van der Waals surface area contributed by atoms with Crippen LogP contribution in [0.25, 0.3) is 44.9 Å². The van der Waals surface area contributed by atoms with E-state index < -0.39 is 5.41 Å². The summed E-state index contributed by atoms with van der Waals surface area (Å²) in [5, 5.41) is 1.24. The number of aromatic nitrogens is 1. The van der Waals surface area contributed by atoms with Crippen LogP contribution >= 0.6 is 0 Å². The number of rotatable bonds is 2. The molecule has 49 heavy (non-hydrogen) atoms. The fourth-order valence-corrected chi connectivity index (χ4v) is 9.24. The fourth-order valence-electron chi connectivity index (χ4n) is 9.24. The summed E-state index contributed by atoms with van der Waals surface area (Å²) in [6.07, 6.45) is 13.3. The Morgan fingerprint density at radius 1 is 0.673 bits per heavy atom. The molecule has 2 unspecified atom stereocenters. The van der Waals surface area contributed by atoms with E-state index in [0.29, 0.717) is 0 Å². The van der Waals surface area contributed by atoms with E-state index in [1.165, 1.54) is 61.2 Å².